The number of benzene rings is 1. The zero-order valence-electron chi connectivity index (χ0n) is 9.49. The Morgan fingerprint density at radius 3 is 2.60 bits per heavy atom. The first-order chi connectivity index (χ1) is 7.15. The number of thioether (sulfide) groups is 1. The van der Waals surface area contributed by atoms with Crippen LogP contribution >= 0.6 is 11.8 Å². The van der Waals surface area contributed by atoms with Crippen molar-refractivity contribution < 1.29 is 0 Å². The van der Waals surface area contributed by atoms with E-state index in [0.29, 0.717) is 6.04 Å². The van der Waals surface area contributed by atoms with Crippen LogP contribution in [0.25, 0.3) is 0 Å². The quantitative estimate of drug-likeness (QED) is 0.829. The third-order valence-electron chi connectivity index (χ3n) is 3.21. The van der Waals surface area contributed by atoms with Crippen molar-refractivity contribution in [1.82, 2.24) is 0 Å². The maximum atomic E-state index is 5.92. The van der Waals surface area contributed by atoms with Gasteiger partial charge >= 0.3 is 0 Å². The second-order valence-electron chi connectivity index (χ2n) is 4.56. The Morgan fingerprint density at radius 2 is 2.00 bits per heavy atom. The highest BCUT2D eigenvalue weighted by molar-refractivity contribution is 8.00. The van der Waals surface area contributed by atoms with Gasteiger partial charge in [-0.25, -0.2) is 0 Å². The summed E-state index contributed by atoms with van der Waals surface area (Å²) in [6.07, 6.45) is 3.65. The Kier molecular flexibility index (Phi) is 3.37. The molecule has 0 spiro atoms. The van der Waals surface area contributed by atoms with Gasteiger partial charge in [-0.05, 0) is 56.4 Å². The molecule has 0 aliphatic heterocycles. The Hall–Kier alpha value is -0.470. The van der Waals surface area contributed by atoms with Gasteiger partial charge in [0.25, 0.3) is 0 Å². The highest BCUT2D eigenvalue weighted by Crippen LogP contribution is 2.34. The SMILES string of the molecule is Cc1ccc(SC2CCC(N)C2)cc1C. The van der Waals surface area contributed by atoms with Crippen LogP contribution in [-0.4, -0.2) is 11.3 Å². The summed E-state index contributed by atoms with van der Waals surface area (Å²) in [6, 6.07) is 7.18. The van der Waals surface area contributed by atoms with Crippen molar-refractivity contribution in [1.29, 1.82) is 0 Å². The molecule has 0 amide bonds. The normalized spacial score (nSPS) is 25.8. The lowest BCUT2D eigenvalue weighted by Crippen LogP contribution is -2.15. The van der Waals surface area contributed by atoms with Crippen LogP contribution in [0.15, 0.2) is 23.1 Å². The van der Waals surface area contributed by atoms with Crippen molar-refractivity contribution in [3.8, 4) is 0 Å². The number of hydrogen-bond donors (Lipinski definition) is 1. The lowest BCUT2D eigenvalue weighted by molar-refractivity contribution is 0.706. The van der Waals surface area contributed by atoms with E-state index in [2.05, 4.69) is 32.0 Å². The number of rotatable bonds is 2. The van der Waals surface area contributed by atoms with Crippen LogP contribution in [0, 0.1) is 13.8 Å². The fraction of sp³-hybridized carbons (Fsp3) is 0.538. The van der Waals surface area contributed by atoms with Crippen molar-refractivity contribution in [3.63, 3.8) is 0 Å². The summed E-state index contributed by atoms with van der Waals surface area (Å²) >= 11 is 2.00. The average Bonchev–Trinajstić information content (AvgIpc) is 2.58. The van der Waals surface area contributed by atoms with E-state index in [4.69, 9.17) is 5.73 Å². The van der Waals surface area contributed by atoms with Gasteiger partial charge in [-0.1, -0.05) is 6.07 Å². The Bertz CT molecular complexity index is 348. The van der Waals surface area contributed by atoms with Crippen molar-refractivity contribution in [3.05, 3.63) is 29.3 Å². The third-order valence-corrected chi connectivity index (χ3v) is 4.49. The Balaban J connectivity index is 2.02. The summed E-state index contributed by atoms with van der Waals surface area (Å²) in [7, 11) is 0. The van der Waals surface area contributed by atoms with Crippen LogP contribution in [0.5, 0.6) is 0 Å². The molecule has 2 N–H and O–H groups in total. The summed E-state index contributed by atoms with van der Waals surface area (Å²) < 4.78 is 0. The van der Waals surface area contributed by atoms with Gasteiger partial charge in [0, 0.05) is 16.2 Å². The summed E-state index contributed by atoms with van der Waals surface area (Å²) in [5.41, 5.74) is 8.69. The molecule has 1 nitrogen and oxygen atoms in total. The van der Waals surface area contributed by atoms with Crippen LogP contribution in [0.3, 0.4) is 0 Å². The van der Waals surface area contributed by atoms with Gasteiger partial charge in [0.05, 0.1) is 0 Å². The summed E-state index contributed by atoms with van der Waals surface area (Å²) in [5.74, 6) is 0. The van der Waals surface area contributed by atoms with Crippen molar-refractivity contribution >= 4 is 11.8 Å². The van der Waals surface area contributed by atoms with E-state index in [9.17, 15) is 0 Å². The van der Waals surface area contributed by atoms with Gasteiger partial charge in [-0.3, -0.25) is 0 Å². The summed E-state index contributed by atoms with van der Waals surface area (Å²) in [5, 5.41) is 0.738. The zero-order valence-corrected chi connectivity index (χ0v) is 10.3. The van der Waals surface area contributed by atoms with E-state index in [1.165, 1.54) is 35.3 Å². The Labute approximate surface area is 96.4 Å². The lowest BCUT2D eigenvalue weighted by Gasteiger charge is -2.10. The second kappa shape index (κ2) is 4.58. The van der Waals surface area contributed by atoms with Gasteiger partial charge in [0.1, 0.15) is 0 Å². The van der Waals surface area contributed by atoms with Crippen LogP contribution in [0.4, 0.5) is 0 Å². The first-order valence-electron chi connectivity index (χ1n) is 5.64. The van der Waals surface area contributed by atoms with Crippen LogP contribution in [-0.2, 0) is 0 Å². The fourth-order valence-electron chi connectivity index (χ4n) is 2.06. The molecule has 2 heteroatoms. The molecular formula is C13H19NS. The number of hydrogen-bond acceptors (Lipinski definition) is 2. The molecule has 1 fully saturated rings. The molecule has 0 bridgehead atoms. The maximum Gasteiger partial charge on any atom is 0.0110 e. The van der Waals surface area contributed by atoms with Crippen LogP contribution in [0.2, 0.25) is 0 Å². The minimum atomic E-state index is 0.439. The van der Waals surface area contributed by atoms with E-state index in [-0.39, 0.29) is 0 Å². The molecule has 2 unspecified atom stereocenters. The minimum absolute atomic E-state index is 0.439. The monoisotopic (exact) mass is 221 g/mol. The maximum absolute atomic E-state index is 5.92. The van der Waals surface area contributed by atoms with Gasteiger partial charge in [0.15, 0.2) is 0 Å². The largest absolute Gasteiger partial charge is 0.328 e. The van der Waals surface area contributed by atoms with E-state index in [0.717, 1.165) is 5.25 Å². The second-order valence-corrected chi connectivity index (χ2v) is 5.93. The van der Waals surface area contributed by atoms with Crippen LogP contribution in [0.1, 0.15) is 30.4 Å². The molecule has 1 aliphatic carbocycles. The van der Waals surface area contributed by atoms with Gasteiger partial charge in [-0.2, -0.15) is 0 Å². The molecule has 0 saturated heterocycles. The zero-order chi connectivity index (χ0) is 10.8. The lowest BCUT2D eigenvalue weighted by atomic mass is 10.1. The van der Waals surface area contributed by atoms with E-state index in [1.54, 1.807) is 0 Å². The molecular weight excluding hydrogens is 202 g/mol. The van der Waals surface area contributed by atoms with Crippen LogP contribution < -0.4 is 5.73 Å². The highest BCUT2D eigenvalue weighted by atomic mass is 32.2. The predicted molar refractivity (Wildman–Crippen MR) is 67.4 cm³/mol. The summed E-state index contributed by atoms with van der Waals surface area (Å²) in [6.45, 7) is 4.34. The highest BCUT2D eigenvalue weighted by Gasteiger charge is 2.22. The molecule has 0 heterocycles. The number of aryl methyl sites for hydroxylation is 2. The minimum Gasteiger partial charge on any atom is -0.328 e. The van der Waals surface area contributed by atoms with Gasteiger partial charge in [-0.15, -0.1) is 11.8 Å². The summed E-state index contributed by atoms with van der Waals surface area (Å²) in [4.78, 5) is 1.40. The molecule has 0 aromatic heterocycles. The molecule has 1 aromatic rings. The number of nitrogens with two attached hydrogens (primary N) is 1. The molecule has 1 aliphatic rings. The molecule has 15 heavy (non-hydrogen) atoms. The molecule has 1 saturated carbocycles. The average molecular weight is 221 g/mol. The first-order valence-corrected chi connectivity index (χ1v) is 6.52. The predicted octanol–water partition coefficient (Wildman–Crippen LogP) is 3.28. The standard InChI is InChI=1S/C13H19NS/c1-9-3-5-12(7-10(9)2)15-13-6-4-11(14)8-13/h3,5,7,11,13H,4,6,8,14H2,1-2H3. The molecule has 2 rings (SSSR count). The Morgan fingerprint density at radius 1 is 1.20 bits per heavy atom. The van der Waals surface area contributed by atoms with Crippen molar-refractivity contribution in [2.45, 2.75) is 49.3 Å². The molecule has 2 atom stereocenters. The van der Waals surface area contributed by atoms with E-state index >= 15 is 0 Å². The topological polar surface area (TPSA) is 26.0 Å². The van der Waals surface area contributed by atoms with E-state index in [1.807, 2.05) is 11.8 Å². The van der Waals surface area contributed by atoms with Gasteiger partial charge < -0.3 is 5.73 Å². The molecule has 0 radical (unpaired) electrons. The van der Waals surface area contributed by atoms with Crippen molar-refractivity contribution in [2.75, 3.05) is 0 Å². The fourth-order valence-corrected chi connectivity index (χ4v) is 3.43. The van der Waals surface area contributed by atoms with E-state index < -0.39 is 0 Å². The molecule has 1 aromatic carbocycles. The molecule has 82 valence electrons. The smallest absolute Gasteiger partial charge is 0.0110 e. The van der Waals surface area contributed by atoms with Crippen molar-refractivity contribution in [2.24, 2.45) is 5.73 Å². The first kappa shape index (κ1) is 11.0. The van der Waals surface area contributed by atoms with Gasteiger partial charge in [0.2, 0.25) is 0 Å². The third kappa shape index (κ3) is 2.76.